The Hall–Kier alpha value is -0.760. The number of pyridine rings is 1. The van der Waals surface area contributed by atoms with Gasteiger partial charge in [-0.1, -0.05) is 23.2 Å². The minimum absolute atomic E-state index is 0.0631. The molecule has 1 fully saturated rings. The third-order valence-corrected chi connectivity index (χ3v) is 3.32. The van der Waals surface area contributed by atoms with Gasteiger partial charge in [-0.3, -0.25) is 5.41 Å². The molecule has 1 aliphatic rings. The molecule has 2 rings (SSSR count). The van der Waals surface area contributed by atoms with Crippen LogP contribution in [0.5, 0.6) is 0 Å². The van der Waals surface area contributed by atoms with E-state index in [9.17, 15) is 13.2 Å². The maximum Gasteiger partial charge on any atom is 0.419 e. The van der Waals surface area contributed by atoms with Gasteiger partial charge in [-0.05, 0) is 6.07 Å². The molecule has 10 heteroatoms. The lowest BCUT2D eigenvalue weighted by Gasteiger charge is -2.19. The summed E-state index contributed by atoms with van der Waals surface area (Å²) in [5, 5.41) is 7.14. The Kier molecular flexibility index (Phi) is 3.83. The third-order valence-electron chi connectivity index (χ3n) is 2.39. The van der Waals surface area contributed by atoms with Crippen LogP contribution in [0.4, 0.5) is 19.0 Å². The molecule has 0 spiro atoms. The summed E-state index contributed by atoms with van der Waals surface area (Å²) >= 11 is 17.0. The van der Waals surface area contributed by atoms with Crippen molar-refractivity contribution in [1.29, 1.82) is 5.41 Å². The van der Waals surface area contributed by atoms with E-state index in [-0.39, 0.29) is 23.2 Å². The molecule has 0 aliphatic carbocycles. The van der Waals surface area contributed by atoms with E-state index < -0.39 is 22.3 Å². The first-order valence-corrected chi connectivity index (χ1v) is 6.10. The molecule has 1 atom stereocenters. The van der Waals surface area contributed by atoms with Gasteiger partial charge in [0.1, 0.15) is 16.4 Å². The van der Waals surface area contributed by atoms with Crippen molar-refractivity contribution in [3.63, 3.8) is 0 Å². The Labute approximate surface area is 120 Å². The second-order valence-electron chi connectivity index (χ2n) is 3.68. The van der Waals surface area contributed by atoms with Crippen LogP contribution in [-0.4, -0.2) is 22.7 Å². The smallest absolute Gasteiger partial charge is 0.286 e. The highest BCUT2D eigenvalue weighted by Crippen LogP contribution is 2.38. The Bertz CT molecular complexity index is 534. The molecule has 1 aromatic heterocycles. The second kappa shape index (κ2) is 4.97. The summed E-state index contributed by atoms with van der Waals surface area (Å²) < 4.78 is 37.8. The number of amidine groups is 1. The number of rotatable bonds is 1. The van der Waals surface area contributed by atoms with Crippen molar-refractivity contribution in [2.45, 2.75) is 11.6 Å². The highest BCUT2D eigenvalue weighted by molar-refractivity contribution is 6.37. The van der Waals surface area contributed by atoms with E-state index in [0.717, 1.165) is 5.01 Å². The van der Waals surface area contributed by atoms with E-state index in [2.05, 4.69) is 10.4 Å². The number of hydrogen-bond donors (Lipinski definition) is 2. The van der Waals surface area contributed by atoms with Crippen LogP contribution in [-0.2, 0) is 6.18 Å². The molecule has 0 unspecified atom stereocenters. The highest BCUT2D eigenvalue weighted by atomic mass is 35.5. The highest BCUT2D eigenvalue weighted by Gasteiger charge is 2.37. The Morgan fingerprint density at radius 1 is 1.42 bits per heavy atom. The number of nitrogens with one attached hydrogen (secondary N) is 2. The number of anilines is 1. The largest absolute Gasteiger partial charge is 0.419 e. The van der Waals surface area contributed by atoms with Crippen LogP contribution in [0.25, 0.3) is 0 Å². The number of nitrogens with zero attached hydrogens (tertiary/aromatic N) is 2. The Morgan fingerprint density at radius 3 is 2.53 bits per heavy atom. The number of aromatic nitrogens is 1. The zero-order valence-corrected chi connectivity index (χ0v) is 11.3. The van der Waals surface area contributed by atoms with Gasteiger partial charge < -0.3 is 0 Å². The fourth-order valence-corrected chi connectivity index (χ4v) is 2.14. The predicted molar refractivity (Wildman–Crippen MR) is 67.1 cm³/mol. The van der Waals surface area contributed by atoms with Crippen LogP contribution < -0.4 is 10.4 Å². The SMILES string of the molecule is N=C1[C@@H](Cl)CNN1c1nc(Cl)c(C(F)(F)F)cc1Cl. The van der Waals surface area contributed by atoms with Gasteiger partial charge in [-0.2, -0.15) is 13.2 Å². The molecule has 0 amide bonds. The van der Waals surface area contributed by atoms with Crippen molar-refractivity contribution in [3.8, 4) is 0 Å². The minimum Gasteiger partial charge on any atom is -0.286 e. The van der Waals surface area contributed by atoms with Crippen molar-refractivity contribution in [3.05, 3.63) is 21.8 Å². The molecule has 1 aromatic rings. The number of alkyl halides is 4. The van der Waals surface area contributed by atoms with Crippen LogP contribution in [0.15, 0.2) is 6.07 Å². The van der Waals surface area contributed by atoms with Gasteiger partial charge in [0.25, 0.3) is 0 Å². The minimum atomic E-state index is -4.65. The average Bonchev–Trinajstić information content (AvgIpc) is 2.61. The number of hydrazine groups is 1. The van der Waals surface area contributed by atoms with Gasteiger partial charge >= 0.3 is 6.18 Å². The zero-order chi connectivity index (χ0) is 14.4. The maximum atomic E-state index is 12.6. The molecular weight excluding hydrogens is 327 g/mol. The molecule has 0 radical (unpaired) electrons. The second-order valence-corrected chi connectivity index (χ2v) is 4.97. The fraction of sp³-hybridized carbons (Fsp3) is 0.333. The molecule has 2 N–H and O–H groups in total. The van der Waals surface area contributed by atoms with E-state index in [0.29, 0.717) is 6.07 Å². The first-order chi connectivity index (χ1) is 8.71. The molecule has 2 heterocycles. The van der Waals surface area contributed by atoms with Gasteiger partial charge in [-0.25, -0.2) is 15.4 Å². The van der Waals surface area contributed by atoms with Gasteiger partial charge in [0.2, 0.25) is 0 Å². The maximum absolute atomic E-state index is 12.6. The van der Waals surface area contributed by atoms with Crippen LogP contribution in [0.2, 0.25) is 10.2 Å². The molecular formula is C9H6Cl3F3N4. The molecule has 0 saturated carbocycles. The van der Waals surface area contributed by atoms with Gasteiger partial charge in [0.05, 0.1) is 10.6 Å². The standard InChI is InChI=1S/C9H6Cl3F3N4/c10-4-1-3(9(13,14)15)6(12)18-8(4)19-7(16)5(11)2-17-19/h1,5,16-17H,2H2/t5-/m0/s1. The van der Waals surface area contributed by atoms with Crippen molar-refractivity contribution in [1.82, 2.24) is 10.4 Å². The summed E-state index contributed by atoms with van der Waals surface area (Å²) in [5.41, 5.74) is 1.56. The van der Waals surface area contributed by atoms with Crippen LogP contribution >= 0.6 is 34.8 Å². The third kappa shape index (κ3) is 2.74. The monoisotopic (exact) mass is 332 g/mol. The molecule has 4 nitrogen and oxygen atoms in total. The summed E-state index contributed by atoms with van der Waals surface area (Å²) in [6.07, 6.45) is -4.65. The van der Waals surface area contributed by atoms with Gasteiger partial charge in [-0.15, -0.1) is 11.6 Å². The molecule has 19 heavy (non-hydrogen) atoms. The van der Waals surface area contributed by atoms with E-state index >= 15 is 0 Å². The van der Waals surface area contributed by atoms with E-state index in [1.54, 1.807) is 0 Å². The topological polar surface area (TPSA) is 52.0 Å². The van der Waals surface area contributed by atoms with E-state index in [4.69, 9.17) is 40.2 Å². The number of halogens is 6. The molecule has 0 aromatic carbocycles. The van der Waals surface area contributed by atoms with Crippen molar-refractivity contribution in [2.75, 3.05) is 11.6 Å². The van der Waals surface area contributed by atoms with Crippen LogP contribution in [0, 0.1) is 5.41 Å². The lowest BCUT2D eigenvalue weighted by molar-refractivity contribution is -0.137. The van der Waals surface area contributed by atoms with Crippen molar-refractivity contribution in [2.24, 2.45) is 0 Å². The van der Waals surface area contributed by atoms with E-state index in [1.165, 1.54) is 0 Å². The molecule has 1 aliphatic heterocycles. The zero-order valence-electron chi connectivity index (χ0n) is 9.02. The Morgan fingerprint density at radius 2 is 2.05 bits per heavy atom. The van der Waals surface area contributed by atoms with Crippen molar-refractivity contribution >= 4 is 46.5 Å². The first-order valence-electron chi connectivity index (χ1n) is 4.91. The van der Waals surface area contributed by atoms with Crippen LogP contribution in [0.1, 0.15) is 5.56 Å². The van der Waals surface area contributed by atoms with E-state index in [1.807, 2.05) is 0 Å². The van der Waals surface area contributed by atoms with Gasteiger partial charge in [0.15, 0.2) is 5.82 Å². The number of hydrogen-bond acceptors (Lipinski definition) is 3. The summed E-state index contributed by atoms with van der Waals surface area (Å²) in [4.78, 5) is 3.58. The summed E-state index contributed by atoms with van der Waals surface area (Å²) in [7, 11) is 0. The lowest BCUT2D eigenvalue weighted by Crippen LogP contribution is -2.35. The predicted octanol–water partition coefficient (Wildman–Crippen LogP) is 3.32. The summed E-state index contributed by atoms with van der Waals surface area (Å²) in [5.74, 6) is -0.153. The normalized spacial score (nSPS) is 20.2. The lowest BCUT2D eigenvalue weighted by atomic mass is 10.2. The fourth-order valence-electron chi connectivity index (χ4n) is 1.50. The molecule has 104 valence electrons. The van der Waals surface area contributed by atoms with Crippen molar-refractivity contribution < 1.29 is 13.2 Å². The average molecular weight is 334 g/mol. The molecule has 1 saturated heterocycles. The molecule has 0 bridgehead atoms. The summed E-state index contributed by atoms with van der Waals surface area (Å²) in [6, 6.07) is 0.669. The Balaban J connectivity index is 2.45. The summed E-state index contributed by atoms with van der Waals surface area (Å²) in [6.45, 7) is 0.247. The quantitative estimate of drug-likeness (QED) is 0.612. The van der Waals surface area contributed by atoms with Gasteiger partial charge in [0, 0.05) is 6.54 Å². The first kappa shape index (κ1) is 14.6. The van der Waals surface area contributed by atoms with Crippen LogP contribution in [0.3, 0.4) is 0 Å².